The molecule has 0 aromatic carbocycles. The van der Waals surface area contributed by atoms with Crippen molar-refractivity contribution in [2.45, 2.75) is 116 Å². The Morgan fingerprint density at radius 2 is 1.17 bits per heavy atom. The van der Waals surface area contributed by atoms with Crippen LogP contribution in [0.25, 0.3) is 0 Å². The lowest BCUT2D eigenvalue weighted by molar-refractivity contribution is 0.0832. The standard InChI is InChI=1S/C22H40F2/c1-2-3-4-5-6-7-8-18-9-13-20(14-10-18)21-15-11-19(12-16-21)17-22(23)24/h18-22H,2-17H2,1H3. The van der Waals surface area contributed by atoms with Crippen molar-refractivity contribution in [3.63, 3.8) is 0 Å². The number of alkyl halides is 2. The van der Waals surface area contributed by atoms with Crippen LogP contribution in [0.1, 0.15) is 110 Å². The monoisotopic (exact) mass is 342 g/mol. The van der Waals surface area contributed by atoms with Crippen LogP contribution in [0.5, 0.6) is 0 Å². The second kappa shape index (κ2) is 11.5. The van der Waals surface area contributed by atoms with Crippen LogP contribution in [0.2, 0.25) is 0 Å². The average Bonchev–Trinajstić information content (AvgIpc) is 2.59. The summed E-state index contributed by atoms with van der Waals surface area (Å²) in [6, 6.07) is 0. The van der Waals surface area contributed by atoms with E-state index in [4.69, 9.17) is 0 Å². The number of halogens is 2. The van der Waals surface area contributed by atoms with Crippen LogP contribution in [0.4, 0.5) is 8.78 Å². The highest BCUT2D eigenvalue weighted by molar-refractivity contribution is 4.82. The van der Waals surface area contributed by atoms with Gasteiger partial charge < -0.3 is 0 Å². The van der Waals surface area contributed by atoms with Crippen LogP contribution in [-0.2, 0) is 0 Å². The third kappa shape index (κ3) is 7.40. The molecule has 0 N–H and O–H groups in total. The Bertz CT molecular complexity index is 299. The van der Waals surface area contributed by atoms with Crippen molar-refractivity contribution in [2.75, 3.05) is 0 Å². The minimum absolute atomic E-state index is 0.151. The van der Waals surface area contributed by atoms with Crippen molar-refractivity contribution < 1.29 is 8.78 Å². The van der Waals surface area contributed by atoms with Gasteiger partial charge >= 0.3 is 0 Å². The lowest BCUT2D eigenvalue weighted by atomic mass is 9.68. The molecule has 2 rings (SSSR count). The van der Waals surface area contributed by atoms with E-state index in [0.29, 0.717) is 5.92 Å². The van der Waals surface area contributed by atoms with Gasteiger partial charge in [-0.15, -0.1) is 0 Å². The summed E-state index contributed by atoms with van der Waals surface area (Å²) in [5, 5.41) is 0. The molecular formula is C22H40F2. The van der Waals surface area contributed by atoms with Crippen LogP contribution in [0.15, 0.2) is 0 Å². The Labute approximate surface area is 149 Å². The molecule has 2 aliphatic carbocycles. The number of rotatable bonds is 10. The van der Waals surface area contributed by atoms with Crippen molar-refractivity contribution >= 4 is 0 Å². The van der Waals surface area contributed by atoms with E-state index >= 15 is 0 Å². The van der Waals surface area contributed by atoms with Crippen molar-refractivity contribution in [2.24, 2.45) is 23.7 Å². The first-order valence-corrected chi connectivity index (χ1v) is 11.0. The molecule has 0 radical (unpaired) electrons. The summed E-state index contributed by atoms with van der Waals surface area (Å²) < 4.78 is 25.0. The molecule has 2 saturated carbocycles. The molecule has 24 heavy (non-hydrogen) atoms. The molecule has 0 aliphatic heterocycles. The molecule has 2 heteroatoms. The van der Waals surface area contributed by atoms with Crippen molar-refractivity contribution in [3.05, 3.63) is 0 Å². The van der Waals surface area contributed by atoms with Gasteiger partial charge in [0.05, 0.1) is 0 Å². The molecule has 0 amide bonds. The van der Waals surface area contributed by atoms with Gasteiger partial charge in [-0.1, -0.05) is 64.7 Å². The molecule has 0 bridgehead atoms. The summed E-state index contributed by atoms with van der Waals surface area (Å²) in [6.45, 7) is 2.28. The summed E-state index contributed by atoms with van der Waals surface area (Å²) in [5.41, 5.74) is 0. The zero-order chi connectivity index (χ0) is 17.2. The maximum atomic E-state index is 12.5. The molecule has 2 aliphatic rings. The Balaban J connectivity index is 1.53. The Kier molecular flexibility index (Phi) is 9.64. The zero-order valence-electron chi connectivity index (χ0n) is 16.0. The molecule has 2 fully saturated rings. The Hall–Kier alpha value is -0.140. The van der Waals surface area contributed by atoms with E-state index in [2.05, 4.69) is 6.92 Å². The first-order valence-electron chi connectivity index (χ1n) is 11.0. The van der Waals surface area contributed by atoms with Gasteiger partial charge in [0.15, 0.2) is 0 Å². The van der Waals surface area contributed by atoms with Gasteiger partial charge in [0.25, 0.3) is 0 Å². The summed E-state index contributed by atoms with van der Waals surface area (Å²) >= 11 is 0. The van der Waals surface area contributed by atoms with E-state index in [9.17, 15) is 8.78 Å². The molecule has 0 aromatic rings. The first kappa shape index (κ1) is 20.2. The van der Waals surface area contributed by atoms with Gasteiger partial charge in [0, 0.05) is 6.42 Å². The van der Waals surface area contributed by atoms with E-state index in [-0.39, 0.29) is 6.42 Å². The van der Waals surface area contributed by atoms with Gasteiger partial charge in [-0.25, -0.2) is 8.78 Å². The summed E-state index contributed by atoms with van der Waals surface area (Å²) in [6.07, 6.45) is 18.3. The van der Waals surface area contributed by atoms with Gasteiger partial charge in [-0.2, -0.15) is 0 Å². The normalized spacial score (nSPS) is 31.5. The fourth-order valence-electron chi connectivity index (χ4n) is 5.31. The van der Waals surface area contributed by atoms with Gasteiger partial charge in [-0.3, -0.25) is 0 Å². The maximum Gasteiger partial charge on any atom is 0.238 e. The van der Waals surface area contributed by atoms with Crippen LogP contribution in [0.3, 0.4) is 0 Å². The minimum Gasteiger partial charge on any atom is -0.211 e. The summed E-state index contributed by atoms with van der Waals surface area (Å²) in [4.78, 5) is 0. The third-order valence-corrected chi connectivity index (χ3v) is 6.93. The topological polar surface area (TPSA) is 0 Å². The predicted molar refractivity (Wildman–Crippen MR) is 99.5 cm³/mol. The van der Waals surface area contributed by atoms with Crippen molar-refractivity contribution in [3.8, 4) is 0 Å². The van der Waals surface area contributed by atoms with E-state index in [1.54, 1.807) is 0 Å². The van der Waals surface area contributed by atoms with E-state index in [1.165, 1.54) is 83.5 Å². The van der Waals surface area contributed by atoms with Gasteiger partial charge in [0.2, 0.25) is 6.43 Å². The first-order chi connectivity index (χ1) is 11.7. The molecule has 0 saturated heterocycles. The fourth-order valence-corrected chi connectivity index (χ4v) is 5.31. The summed E-state index contributed by atoms with van der Waals surface area (Å²) in [5.74, 6) is 3.07. The van der Waals surface area contributed by atoms with E-state index in [1.807, 2.05) is 0 Å². The third-order valence-electron chi connectivity index (χ3n) is 6.93. The van der Waals surface area contributed by atoms with Crippen LogP contribution < -0.4 is 0 Å². The van der Waals surface area contributed by atoms with Crippen molar-refractivity contribution in [1.29, 1.82) is 0 Å². The lowest BCUT2D eigenvalue weighted by Crippen LogP contribution is -2.26. The molecule has 0 unspecified atom stereocenters. The Morgan fingerprint density at radius 3 is 1.71 bits per heavy atom. The molecule has 142 valence electrons. The zero-order valence-corrected chi connectivity index (χ0v) is 16.0. The molecular weight excluding hydrogens is 302 g/mol. The number of hydrogen-bond acceptors (Lipinski definition) is 0. The number of hydrogen-bond donors (Lipinski definition) is 0. The van der Waals surface area contributed by atoms with Crippen LogP contribution >= 0.6 is 0 Å². The van der Waals surface area contributed by atoms with Gasteiger partial charge in [0.1, 0.15) is 0 Å². The van der Waals surface area contributed by atoms with Crippen molar-refractivity contribution in [1.82, 2.24) is 0 Å². The second-order valence-electron chi connectivity index (χ2n) is 8.74. The van der Waals surface area contributed by atoms with Gasteiger partial charge in [-0.05, 0) is 62.2 Å². The SMILES string of the molecule is CCCCCCCCC1CCC(C2CCC(CC(F)F)CC2)CC1. The molecule has 0 heterocycles. The highest BCUT2D eigenvalue weighted by Gasteiger charge is 2.31. The number of unbranched alkanes of at least 4 members (excludes halogenated alkanes) is 5. The largest absolute Gasteiger partial charge is 0.238 e. The lowest BCUT2D eigenvalue weighted by Gasteiger charge is -2.38. The molecule has 0 nitrogen and oxygen atoms in total. The fraction of sp³-hybridized carbons (Fsp3) is 1.00. The summed E-state index contributed by atoms with van der Waals surface area (Å²) in [7, 11) is 0. The smallest absolute Gasteiger partial charge is 0.211 e. The molecule has 0 atom stereocenters. The predicted octanol–water partition coefficient (Wildman–Crippen LogP) is 8.01. The average molecular weight is 343 g/mol. The van der Waals surface area contributed by atoms with Crippen LogP contribution in [-0.4, -0.2) is 6.43 Å². The highest BCUT2D eigenvalue weighted by Crippen LogP contribution is 2.43. The highest BCUT2D eigenvalue weighted by atomic mass is 19.3. The molecule has 0 spiro atoms. The van der Waals surface area contributed by atoms with Crippen LogP contribution in [0, 0.1) is 23.7 Å². The van der Waals surface area contributed by atoms with E-state index in [0.717, 1.165) is 30.6 Å². The second-order valence-corrected chi connectivity index (χ2v) is 8.74. The quantitative estimate of drug-likeness (QED) is 0.353. The maximum absolute atomic E-state index is 12.5. The molecule has 0 aromatic heterocycles. The van der Waals surface area contributed by atoms with E-state index < -0.39 is 6.43 Å². The minimum atomic E-state index is -2.09. The Morgan fingerprint density at radius 1 is 0.667 bits per heavy atom.